The molecule has 4 rings (SSSR count). The van der Waals surface area contributed by atoms with Crippen molar-refractivity contribution in [2.45, 2.75) is 26.9 Å². The van der Waals surface area contributed by atoms with E-state index in [-0.39, 0.29) is 27.4 Å². The molecule has 3 aromatic carbocycles. The minimum atomic E-state index is -1.15. The van der Waals surface area contributed by atoms with Gasteiger partial charge in [0, 0.05) is 22.3 Å². The van der Waals surface area contributed by atoms with Gasteiger partial charge in [0.25, 0.3) is 0 Å². The number of esters is 1. The molecule has 0 saturated heterocycles. The fourth-order valence-electron chi connectivity index (χ4n) is 3.82. The summed E-state index contributed by atoms with van der Waals surface area (Å²) in [6.07, 6.45) is 2.49. The van der Waals surface area contributed by atoms with Crippen molar-refractivity contribution in [3.8, 4) is 23.0 Å². The van der Waals surface area contributed by atoms with E-state index < -0.39 is 26.7 Å². The number of benzene rings is 3. The number of ether oxygens (including phenoxy) is 5. The number of carbonyl (C=O) groups excluding carboxylic acids is 2. The Kier molecular flexibility index (Phi) is 9.30. The summed E-state index contributed by atoms with van der Waals surface area (Å²) in [4.78, 5) is 26.7. The highest BCUT2D eigenvalue weighted by Gasteiger charge is 2.36. The summed E-state index contributed by atoms with van der Waals surface area (Å²) in [7, 11) is 3.01. The molecule has 0 bridgehead atoms. The Balaban J connectivity index is 1.69. The van der Waals surface area contributed by atoms with Crippen LogP contribution in [-0.4, -0.2) is 36.3 Å². The lowest BCUT2D eigenvalue weighted by Gasteiger charge is -2.23. The van der Waals surface area contributed by atoms with Gasteiger partial charge in [0.05, 0.1) is 7.11 Å². The number of hydrogen-bond acceptors (Lipinski definition) is 7. The van der Waals surface area contributed by atoms with Gasteiger partial charge in [0.2, 0.25) is 5.78 Å². The van der Waals surface area contributed by atoms with Crippen molar-refractivity contribution in [3.05, 3.63) is 92.6 Å². The molecule has 0 aliphatic carbocycles. The van der Waals surface area contributed by atoms with Crippen molar-refractivity contribution in [3.63, 3.8) is 0 Å². The van der Waals surface area contributed by atoms with Crippen LogP contribution in [0.15, 0.2) is 72.3 Å². The van der Waals surface area contributed by atoms with Gasteiger partial charge in [-0.05, 0) is 44.0 Å². The molecule has 0 aromatic heterocycles. The third-order valence-electron chi connectivity index (χ3n) is 5.61. The van der Waals surface area contributed by atoms with E-state index in [0.29, 0.717) is 35.8 Å². The number of rotatable bonds is 10. The van der Waals surface area contributed by atoms with Crippen molar-refractivity contribution >= 4 is 36.0 Å². The summed E-state index contributed by atoms with van der Waals surface area (Å²) >= 11 is -1.15. The van der Waals surface area contributed by atoms with E-state index in [2.05, 4.69) is 0 Å². The van der Waals surface area contributed by atoms with E-state index in [0.717, 1.165) is 14.7 Å². The lowest BCUT2D eigenvalue weighted by molar-refractivity contribution is -0.126. The topological polar surface area (TPSA) is 80.3 Å². The molecule has 0 amide bonds. The van der Waals surface area contributed by atoms with Crippen LogP contribution < -0.4 is 18.9 Å². The number of ketones is 1. The molecule has 3 aromatic rings. The Morgan fingerprint density at radius 1 is 0.974 bits per heavy atom. The van der Waals surface area contributed by atoms with Crippen LogP contribution in [0.5, 0.6) is 23.0 Å². The molecule has 1 heterocycles. The monoisotopic (exact) mass is 628 g/mol. The van der Waals surface area contributed by atoms with Crippen molar-refractivity contribution in [1.82, 2.24) is 0 Å². The van der Waals surface area contributed by atoms with E-state index in [1.165, 1.54) is 14.2 Å². The Bertz CT molecular complexity index is 1390. The lowest BCUT2D eigenvalue weighted by Crippen LogP contribution is -2.33. The van der Waals surface area contributed by atoms with Crippen LogP contribution in [0.2, 0.25) is 0 Å². The normalized spacial score (nSPS) is 13.7. The largest absolute Gasteiger partial charge is 0.495 e. The summed E-state index contributed by atoms with van der Waals surface area (Å²) in [5.74, 6) is 0.532. The SMILES string of the molecule is COCOc1cc2c(c(OC)c1CC=C(C)C)C(=O)C(=Ic1cccc(OCc3ccccc3)c1)C(=O)O2. The summed E-state index contributed by atoms with van der Waals surface area (Å²) in [5.41, 5.74) is 3.08. The van der Waals surface area contributed by atoms with E-state index >= 15 is 0 Å². The molecule has 0 saturated carbocycles. The lowest BCUT2D eigenvalue weighted by atomic mass is 9.97. The second kappa shape index (κ2) is 12.8. The van der Waals surface area contributed by atoms with Crippen LogP contribution in [0.4, 0.5) is 0 Å². The third-order valence-corrected chi connectivity index (χ3v) is 8.38. The molecule has 198 valence electrons. The molecule has 0 atom stereocenters. The molecule has 0 fully saturated rings. The summed E-state index contributed by atoms with van der Waals surface area (Å²) in [5, 5.41) is 0. The number of halogens is 1. The molecule has 1 aliphatic rings. The molecule has 38 heavy (non-hydrogen) atoms. The van der Waals surface area contributed by atoms with Crippen LogP contribution in [-0.2, 0) is 22.6 Å². The average Bonchev–Trinajstić information content (AvgIpc) is 2.92. The van der Waals surface area contributed by atoms with Crippen LogP contribution in [0.3, 0.4) is 0 Å². The van der Waals surface area contributed by atoms with E-state index in [1.807, 2.05) is 74.5 Å². The molecule has 0 radical (unpaired) electrons. The van der Waals surface area contributed by atoms with Crippen LogP contribution in [0.1, 0.15) is 35.3 Å². The van der Waals surface area contributed by atoms with Crippen molar-refractivity contribution in [2.24, 2.45) is 0 Å². The molecule has 0 unspecified atom stereocenters. The van der Waals surface area contributed by atoms with Gasteiger partial charge < -0.3 is 23.7 Å². The molecule has 1 aliphatic heterocycles. The van der Waals surface area contributed by atoms with Crippen molar-refractivity contribution in [1.29, 1.82) is 0 Å². The highest BCUT2D eigenvalue weighted by Crippen LogP contribution is 2.43. The highest BCUT2D eigenvalue weighted by molar-refractivity contribution is 14.2. The Labute approximate surface area is 232 Å². The Morgan fingerprint density at radius 3 is 2.47 bits per heavy atom. The molecule has 7 nitrogen and oxygen atoms in total. The number of Topliss-reactive ketones (excluding diaryl/α,β-unsaturated/α-hetero) is 1. The fourth-order valence-corrected chi connectivity index (χ4v) is 6.14. The zero-order valence-corrected chi connectivity index (χ0v) is 23.9. The minimum absolute atomic E-state index is 0.00279. The summed E-state index contributed by atoms with van der Waals surface area (Å²) in [6, 6.07) is 18.9. The van der Waals surface area contributed by atoms with Gasteiger partial charge in [-0.25, -0.2) is 4.79 Å². The smallest absolute Gasteiger partial charge is 0.353 e. The van der Waals surface area contributed by atoms with Crippen molar-refractivity contribution in [2.75, 3.05) is 21.0 Å². The predicted molar refractivity (Wildman–Crippen MR) is 154 cm³/mol. The van der Waals surface area contributed by atoms with Crippen LogP contribution in [0, 0.1) is 3.57 Å². The predicted octanol–water partition coefficient (Wildman–Crippen LogP) is 5.88. The summed E-state index contributed by atoms with van der Waals surface area (Å²) < 4.78 is 29.1. The van der Waals surface area contributed by atoms with Gasteiger partial charge in [-0.1, -0.05) is 68.8 Å². The number of methoxy groups -OCH3 is 2. The van der Waals surface area contributed by atoms with Gasteiger partial charge in [0.1, 0.15) is 38.7 Å². The Morgan fingerprint density at radius 2 is 1.76 bits per heavy atom. The van der Waals surface area contributed by atoms with E-state index in [9.17, 15) is 9.59 Å². The second-order valence-corrected chi connectivity index (χ2v) is 11.5. The Hall–Kier alpha value is -3.50. The molecule has 8 heteroatoms. The maximum atomic E-state index is 13.7. The molecule has 0 N–H and O–H groups in total. The van der Waals surface area contributed by atoms with Gasteiger partial charge in [-0.2, -0.15) is 0 Å². The van der Waals surface area contributed by atoms with Gasteiger partial charge >= 0.3 is 5.97 Å². The zero-order chi connectivity index (χ0) is 27.1. The highest BCUT2D eigenvalue weighted by atomic mass is 127. The molecule has 0 spiro atoms. The maximum absolute atomic E-state index is 13.7. The standard InChI is InChI=1S/C30H29IO7/c1-19(2)13-14-23-24(37-18-34-3)16-25-26(29(23)35-4)28(32)27(30(33)38-25)31-21-11-8-12-22(15-21)36-17-20-9-6-5-7-10-20/h5-13,15-16H,14,17-18H2,1-4H3. The third kappa shape index (κ3) is 6.49. The number of hydrogen-bond donors (Lipinski definition) is 0. The zero-order valence-electron chi connectivity index (χ0n) is 21.7. The van der Waals surface area contributed by atoms with Crippen LogP contribution >= 0.6 is 20.7 Å². The van der Waals surface area contributed by atoms with Gasteiger partial charge in [0.15, 0.2) is 6.79 Å². The fraction of sp³-hybridized carbons (Fsp3) is 0.233. The number of carbonyl (C=O) groups is 2. The summed E-state index contributed by atoms with van der Waals surface area (Å²) in [6.45, 7) is 4.40. The quantitative estimate of drug-likeness (QED) is 0.0913. The number of allylic oxidation sites excluding steroid dienone is 2. The van der Waals surface area contributed by atoms with Crippen molar-refractivity contribution < 1.29 is 33.3 Å². The van der Waals surface area contributed by atoms with Gasteiger partial charge in [-0.3, -0.25) is 4.79 Å². The first-order chi connectivity index (χ1) is 18.4. The maximum Gasteiger partial charge on any atom is 0.353 e. The van der Waals surface area contributed by atoms with Crippen LogP contribution in [0.25, 0.3) is 0 Å². The average molecular weight is 628 g/mol. The first-order valence-electron chi connectivity index (χ1n) is 12.0. The first kappa shape index (κ1) is 27.5. The number of fused-ring (bicyclic) bond motifs is 1. The van der Waals surface area contributed by atoms with E-state index in [1.54, 1.807) is 6.07 Å². The minimum Gasteiger partial charge on any atom is -0.495 e. The van der Waals surface area contributed by atoms with Gasteiger partial charge in [-0.15, -0.1) is 0 Å². The van der Waals surface area contributed by atoms with E-state index in [4.69, 9.17) is 23.7 Å². The first-order valence-corrected chi connectivity index (χ1v) is 14.1. The molecular weight excluding hydrogens is 599 g/mol. The molecular formula is C30H29IO7. The second-order valence-electron chi connectivity index (χ2n) is 8.65.